The van der Waals surface area contributed by atoms with Gasteiger partial charge in [-0.2, -0.15) is 0 Å². The molecule has 0 saturated carbocycles. The molecule has 0 bridgehead atoms. The van der Waals surface area contributed by atoms with Crippen LogP contribution in [0.25, 0.3) is 10.9 Å². The minimum Gasteiger partial charge on any atom is -0.505 e. The quantitative estimate of drug-likeness (QED) is 0.322. The number of benzene rings is 3. The Hall–Kier alpha value is -3.96. The fraction of sp³-hybridized carbons (Fsp3) is 0.0741. The van der Waals surface area contributed by atoms with Gasteiger partial charge in [0.1, 0.15) is 11.3 Å². The van der Waals surface area contributed by atoms with Crippen molar-refractivity contribution in [1.82, 2.24) is 15.0 Å². The lowest BCUT2D eigenvalue weighted by Crippen LogP contribution is -2.06. The van der Waals surface area contributed by atoms with Crippen LogP contribution in [0.1, 0.15) is 38.4 Å². The van der Waals surface area contributed by atoms with Gasteiger partial charge in [-0.15, -0.1) is 0 Å². The number of H-pyrrole nitrogens is 1. The highest BCUT2D eigenvalue weighted by atomic mass is 35.5. The summed E-state index contributed by atoms with van der Waals surface area (Å²) >= 11 is 6.41. The molecule has 0 radical (unpaired) electrons. The lowest BCUT2D eigenvalue weighted by atomic mass is 9.94. The van der Waals surface area contributed by atoms with Gasteiger partial charge in [0.15, 0.2) is 11.5 Å². The molecule has 3 aromatic carbocycles. The zero-order valence-electron chi connectivity index (χ0n) is 17.6. The van der Waals surface area contributed by atoms with E-state index in [1.807, 2.05) is 30.3 Å². The first-order chi connectivity index (χ1) is 16.1. The van der Waals surface area contributed by atoms with E-state index < -0.39 is 0 Å². The average Bonchev–Trinajstić information content (AvgIpc) is 3.34. The number of phenols is 1. The molecule has 0 aliphatic heterocycles. The molecule has 5 rings (SSSR count). The third-order valence-electron chi connectivity index (χ3n) is 5.55. The van der Waals surface area contributed by atoms with Gasteiger partial charge in [0.25, 0.3) is 0 Å². The van der Waals surface area contributed by atoms with Gasteiger partial charge in [-0.1, -0.05) is 48.0 Å². The Balaban J connectivity index is 1.59. The zero-order chi connectivity index (χ0) is 22.8. The second-order valence-electron chi connectivity index (χ2n) is 7.90. The van der Waals surface area contributed by atoms with Crippen LogP contribution in [0.4, 0.5) is 0 Å². The Morgan fingerprint density at radius 3 is 2.42 bits per heavy atom. The van der Waals surface area contributed by atoms with E-state index in [0.29, 0.717) is 34.3 Å². The lowest BCUT2D eigenvalue weighted by Gasteiger charge is -2.12. The molecule has 0 aliphatic rings. The number of carbonyl (C=O) groups is 1. The van der Waals surface area contributed by atoms with Crippen molar-refractivity contribution in [2.75, 3.05) is 0 Å². The second-order valence-corrected chi connectivity index (χ2v) is 8.30. The van der Waals surface area contributed by atoms with Crippen molar-refractivity contribution in [3.8, 4) is 5.75 Å². The van der Waals surface area contributed by atoms with Gasteiger partial charge in [0.05, 0.1) is 10.6 Å². The second kappa shape index (κ2) is 8.88. The van der Waals surface area contributed by atoms with Gasteiger partial charge < -0.3 is 10.1 Å². The number of aromatic nitrogens is 3. The Kier molecular flexibility index (Phi) is 5.63. The monoisotopic (exact) mass is 453 g/mol. The van der Waals surface area contributed by atoms with E-state index in [4.69, 9.17) is 11.6 Å². The summed E-state index contributed by atoms with van der Waals surface area (Å²) in [6, 6.07) is 20.9. The molecule has 162 valence electrons. The highest BCUT2D eigenvalue weighted by Gasteiger charge is 2.20. The summed E-state index contributed by atoms with van der Waals surface area (Å²) in [5.74, 6) is 0.338. The average molecular weight is 454 g/mol. The SMILES string of the molecule is O=C(c1cc(Cc2ccccc2)cc(Cc2ncc[nH]2)c1)c1cc(Cl)c2cccnc2c1O. The van der Waals surface area contributed by atoms with Crippen LogP contribution < -0.4 is 0 Å². The molecular weight excluding hydrogens is 434 g/mol. The predicted octanol–water partition coefficient (Wildman–Crippen LogP) is 5.73. The molecule has 0 unspecified atom stereocenters. The summed E-state index contributed by atoms with van der Waals surface area (Å²) < 4.78 is 0. The first-order valence-electron chi connectivity index (χ1n) is 10.5. The van der Waals surface area contributed by atoms with Crippen molar-refractivity contribution in [1.29, 1.82) is 0 Å². The molecule has 5 aromatic rings. The normalized spacial score (nSPS) is 11.1. The summed E-state index contributed by atoms with van der Waals surface area (Å²) in [4.78, 5) is 25.2. The molecule has 0 aliphatic carbocycles. The summed E-state index contributed by atoms with van der Waals surface area (Å²) in [6.07, 6.45) is 6.28. The molecule has 2 N–H and O–H groups in total. The molecule has 6 heteroatoms. The third-order valence-corrected chi connectivity index (χ3v) is 5.87. The van der Waals surface area contributed by atoms with E-state index in [0.717, 1.165) is 22.5 Å². The van der Waals surface area contributed by atoms with E-state index in [2.05, 4.69) is 33.2 Å². The number of aromatic amines is 1. The number of imidazole rings is 1. The van der Waals surface area contributed by atoms with Crippen LogP contribution in [0.3, 0.4) is 0 Å². The highest BCUT2D eigenvalue weighted by molar-refractivity contribution is 6.36. The number of hydrogen-bond acceptors (Lipinski definition) is 4. The van der Waals surface area contributed by atoms with E-state index in [-0.39, 0.29) is 17.1 Å². The standard InChI is InChI=1S/C27H20ClN3O2/c28-23-16-22(27(33)25-21(23)7-4-8-31-25)26(32)20-13-18(11-17-5-2-1-3-6-17)12-19(14-20)15-24-29-9-10-30-24/h1-10,12-14,16,33H,11,15H2,(H,29,30). The number of hydrogen-bond donors (Lipinski definition) is 2. The largest absolute Gasteiger partial charge is 0.505 e. The summed E-state index contributed by atoms with van der Waals surface area (Å²) in [7, 11) is 0. The molecule has 0 saturated heterocycles. The molecule has 5 nitrogen and oxygen atoms in total. The summed E-state index contributed by atoms with van der Waals surface area (Å²) in [5, 5.41) is 11.8. The van der Waals surface area contributed by atoms with Gasteiger partial charge >= 0.3 is 0 Å². The number of halogens is 1. The zero-order valence-corrected chi connectivity index (χ0v) is 18.4. The van der Waals surface area contributed by atoms with Gasteiger partial charge in [-0.3, -0.25) is 9.78 Å². The van der Waals surface area contributed by atoms with Crippen LogP contribution in [0.2, 0.25) is 5.02 Å². The fourth-order valence-corrected chi connectivity index (χ4v) is 4.29. The van der Waals surface area contributed by atoms with Gasteiger partial charge in [-0.05, 0) is 53.4 Å². The van der Waals surface area contributed by atoms with Gasteiger partial charge in [-0.25, -0.2) is 4.98 Å². The number of rotatable bonds is 6. The molecule has 0 amide bonds. The predicted molar refractivity (Wildman–Crippen MR) is 129 cm³/mol. The Labute approximate surface area is 195 Å². The van der Waals surface area contributed by atoms with Crippen LogP contribution in [0.15, 0.2) is 85.3 Å². The lowest BCUT2D eigenvalue weighted by molar-refractivity contribution is 0.103. The molecule has 0 fully saturated rings. The van der Waals surface area contributed by atoms with Crippen molar-refractivity contribution < 1.29 is 9.90 Å². The first kappa shape index (κ1) is 20.9. The van der Waals surface area contributed by atoms with E-state index in [1.165, 1.54) is 6.07 Å². The van der Waals surface area contributed by atoms with Crippen molar-refractivity contribution in [3.63, 3.8) is 0 Å². The number of aromatic hydroxyl groups is 1. The maximum atomic E-state index is 13.6. The minimum atomic E-state index is -0.308. The maximum absolute atomic E-state index is 13.6. The molecule has 2 heterocycles. The Morgan fingerprint density at radius 1 is 0.879 bits per heavy atom. The maximum Gasteiger partial charge on any atom is 0.196 e. The number of fused-ring (bicyclic) bond motifs is 1. The topological polar surface area (TPSA) is 78.9 Å². The van der Waals surface area contributed by atoms with Crippen LogP contribution in [-0.4, -0.2) is 25.8 Å². The molecular formula is C27H20ClN3O2. The smallest absolute Gasteiger partial charge is 0.196 e. The summed E-state index contributed by atoms with van der Waals surface area (Å²) in [5.41, 5.74) is 4.01. The van der Waals surface area contributed by atoms with Gasteiger partial charge in [0, 0.05) is 36.0 Å². The van der Waals surface area contributed by atoms with E-state index >= 15 is 0 Å². The molecule has 2 aromatic heterocycles. The van der Waals surface area contributed by atoms with Crippen LogP contribution in [-0.2, 0) is 12.8 Å². The van der Waals surface area contributed by atoms with Crippen molar-refractivity contribution in [3.05, 3.63) is 124 Å². The van der Waals surface area contributed by atoms with E-state index in [9.17, 15) is 9.90 Å². The number of ketones is 1. The van der Waals surface area contributed by atoms with Crippen molar-refractivity contribution in [2.24, 2.45) is 0 Å². The number of phenolic OH excluding ortho intramolecular Hbond substituents is 1. The van der Waals surface area contributed by atoms with E-state index in [1.54, 1.807) is 30.7 Å². The van der Waals surface area contributed by atoms with Gasteiger partial charge in [0.2, 0.25) is 0 Å². The fourth-order valence-electron chi connectivity index (χ4n) is 4.03. The molecule has 0 spiro atoms. The number of nitrogens with zero attached hydrogens (tertiary/aromatic N) is 2. The Bertz CT molecular complexity index is 1450. The van der Waals surface area contributed by atoms with Crippen LogP contribution in [0.5, 0.6) is 5.75 Å². The third kappa shape index (κ3) is 4.36. The molecule has 33 heavy (non-hydrogen) atoms. The van der Waals surface area contributed by atoms with Crippen LogP contribution >= 0.6 is 11.6 Å². The minimum absolute atomic E-state index is 0.131. The number of pyridine rings is 1. The number of nitrogens with one attached hydrogen (secondary N) is 1. The van der Waals surface area contributed by atoms with Crippen LogP contribution in [0, 0.1) is 0 Å². The first-order valence-corrected chi connectivity index (χ1v) is 10.9. The Morgan fingerprint density at radius 2 is 1.67 bits per heavy atom. The highest BCUT2D eigenvalue weighted by Crippen LogP contribution is 2.34. The number of carbonyl (C=O) groups excluding carboxylic acids is 1. The summed E-state index contributed by atoms with van der Waals surface area (Å²) in [6.45, 7) is 0. The van der Waals surface area contributed by atoms with Crippen molar-refractivity contribution in [2.45, 2.75) is 12.8 Å². The van der Waals surface area contributed by atoms with Crippen molar-refractivity contribution >= 4 is 28.3 Å². The molecule has 0 atom stereocenters.